The molecule has 0 aromatic rings. The number of carbonyl (C=O) groups is 1. The van der Waals surface area contributed by atoms with Gasteiger partial charge in [-0.25, -0.2) is 0 Å². The Hall–Kier alpha value is -0.610. The molecule has 0 radical (unpaired) electrons. The van der Waals surface area contributed by atoms with E-state index in [9.17, 15) is 4.79 Å². The average Bonchev–Trinajstić information content (AvgIpc) is 2.30. The second kappa shape index (κ2) is 7.65. The molecule has 0 saturated carbocycles. The Kier molecular flexibility index (Phi) is 6.36. The largest absolute Gasteiger partial charge is 0.385 e. The van der Waals surface area contributed by atoms with Gasteiger partial charge >= 0.3 is 0 Å². The van der Waals surface area contributed by atoms with Crippen LogP contribution in [0.25, 0.3) is 0 Å². The second-order valence-electron chi connectivity index (χ2n) is 4.03. The Morgan fingerprint density at radius 3 is 3.07 bits per heavy atom. The fourth-order valence-electron chi connectivity index (χ4n) is 1.80. The van der Waals surface area contributed by atoms with Gasteiger partial charge in [0.15, 0.2) is 0 Å². The SMILES string of the molecule is COCCCCNC(=O)[C@H]1CCCNC1. The summed E-state index contributed by atoms with van der Waals surface area (Å²) in [5.74, 6) is 0.390. The van der Waals surface area contributed by atoms with E-state index in [0.717, 1.165) is 51.9 Å². The van der Waals surface area contributed by atoms with Gasteiger partial charge in [0.2, 0.25) is 5.91 Å². The molecule has 0 aliphatic carbocycles. The van der Waals surface area contributed by atoms with Crippen LogP contribution in [0.2, 0.25) is 0 Å². The van der Waals surface area contributed by atoms with E-state index >= 15 is 0 Å². The van der Waals surface area contributed by atoms with Crippen molar-refractivity contribution in [3.8, 4) is 0 Å². The van der Waals surface area contributed by atoms with Crippen LogP contribution in [-0.2, 0) is 9.53 Å². The lowest BCUT2D eigenvalue weighted by molar-refractivity contribution is -0.125. The van der Waals surface area contributed by atoms with E-state index in [4.69, 9.17) is 4.74 Å². The number of ether oxygens (including phenoxy) is 1. The second-order valence-corrected chi connectivity index (χ2v) is 4.03. The van der Waals surface area contributed by atoms with Gasteiger partial charge in [0.25, 0.3) is 0 Å². The van der Waals surface area contributed by atoms with Crippen LogP contribution in [0.1, 0.15) is 25.7 Å². The topological polar surface area (TPSA) is 50.4 Å². The highest BCUT2D eigenvalue weighted by molar-refractivity contribution is 5.78. The fraction of sp³-hybridized carbons (Fsp3) is 0.909. The lowest BCUT2D eigenvalue weighted by Gasteiger charge is -2.21. The van der Waals surface area contributed by atoms with Crippen molar-refractivity contribution < 1.29 is 9.53 Å². The molecule has 1 atom stereocenters. The molecule has 0 bridgehead atoms. The molecule has 0 aromatic heterocycles. The monoisotopic (exact) mass is 214 g/mol. The van der Waals surface area contributed by atoms with E-state index in [0.29, 0.717) is 0 Å². The van der Waals surface area contributed by atoms with Crippen LogP contribution >= 0.6 is 0 Å². The van der Waals surface area contributed by atoms with Gasteiger partial charge in [0.1, 0.15) is 0 Å². The molecule has 0 unspecified atom stereocenters. The zero-order chi connectivity index (χ0) is 10.9. The highest BCUT2D eigenvalue weighted by atomic mass is 16.5. The molecule has 1 rings (SSSR count). The van der Waals surface area contributed by atoms with Crippen LogP contribution < -0.4 is 10.6 Å². The minimum Gasteiger partial charge on any atom is -0.385 e. The number of piperidine rings is 1. The molecule has 1 amide bonds. The van der Waals surface area contributed by atoms with Gasteiger partial charge < -0.3 is 15.4 Å². The highest BCUT2D eigenvalue weighted by Gasteiger charge is 2.19. The highest BCUT2D eigenvalue weighted by Crippen LogP contribution is 2.09. The number of amides is 1. The molecular weight excluding hydrogens is 192 g/mol. The third kappa shape index (κ3) is 5.14. The van der Waals surface area contributed by atoms with Crippen molar-refractivity contribution in [3.05, 3.63) is 0 Å². The number of hydrogen-bond acceptors (Lipinski definition) is 3. The first-order chi connectivity index (χ1) is 7.34. The molecule has 1 aliphatic heterocycles. The van der Waals surface area contributed by atoms with E-state index in [-0.39, 0.29) is 11.8 Å². The van der Waals surface area contributed by atoms with Crippen LogP contribution in [0.5, 0.6) is 0 Å². The van der Waals surface area contributed by atoms with E-state index < -0.39 is 0 Å². The van der Waals surface area contributed by atoms with Gasteiger partial charge in [-0.2, -0.15) is 0 Å². The molecule has 1 heterocycles. The number of hydrogen-bond donors (Lipinski definition) is 2. The lowest BCUT2D eigenvalue weighted by atomic mass is 9.99. The normalized spacial score (nSPS) is 21.3. The zero-order valence-corrected chi connectivity index (χ0v) is 9.55. The Labute approximate surface area is 91.8 Å². The van der Waals surface area contributed by atoms with Crippen LogP contribution in [-0.4, -0.2) is 39.3 Å². The minimum absolute atomic E-state index is 0.182. The van der Waals surface area contributed by atoms with Crippen molar-refractivity contribution in [2.24, 2.45) is 5.92 Å². The molecule has 88 valence electrons. The average molecular weight is 214 g/mol. The van der Waals surface area contributed by atoms with E-state index in [2.05, 4.69) is 10.6 Å². The Morgan fingerprint density at radius 2 is 2.40 bits per heavy atom. The van der Waals surface area contributed by atoms with Crippen molar-refractivity contribution in [3.63, 3.8) is 0 Å². The fourth-order valence-corrected chi connectivity index (χ4v) is 1.80. The molecule has 0 spiro atoms. The maximum atomic E-state index is 11.6. The Bertz CT molecular complexity index is 179. The van der Waals surface area contributed by atoms with Crippen LogP contribution in [0, 0.1) is 5.92 Å². The Morgan fingerprint density at radius 1 is 1.53 bits per heavy atom. The van der Waals surface area contributed by atoms with Gasteiger partial charge in [-0.15, -0.1) is 0 Å². The number of nitrogens with one attached hydrogen (secondary N) is 2. The standard InChI is InChI=1S/C11H22N2O2/c1-15-8-3-2-7-13-11(14)10-5-4-6-12-9-10/h10,12H,2-9H2,1H3,(H,13,14)/t10-/m0/s1. The first-order valence-corrected chi connectivity index (χ1v) is 5.82. The first-order valence-electron chi connectivity index (χ1n) is 5.82. The number of unbranched alkanes of at least 4 members (excludes halogenated alkanes) is 1. The van der Waals surface area contributed by atoms with Crippen LogP contribution in [0.3, 0.4) is 0 Å². The maximum absolute atomic E-state index is 11.6. The van der Waals surface area contributed by atoms with E-state index in [1.165, 1.54) is 0 Å². The molecule has 2 N–H and O–H groups in total. The van der Waals surface area contributed by atoms with E-state index in [1.807, 2.05) is 0 Å². The summed E-state index contributed by atoms with van der Waals surface area (Å²) in [6.45, 7) is 3.45. The smallest absolute Gasteiger partial charge is 0.224 e. The molecule has 0 aromatic carbocycles. The predicted molar refractivity (Wildman–Crippen MR) is 59.7 cm³/mol. The molecule has 4 nitrogen and oxygen atoms in total. The molecule has 1 aliphatic rings. The number of methoxy groups -OCH3 is 1. The van der Waals surface area contributed by atoms with Gasteiger partial charge in [0, 0.05) is 26.8 Å². The summed E-state index contributed by atoms with van der Waals surface area (Å²) < 4.78 is 4.94. The molecule has 15 heavy (non-hydrogen) atoms. The summed E-state index contributed by atoms with van der Waals surface area (Å²) in [5, 5.41) is 6.22. The maximum Gasteiger partial charge on any atom is 0.224 e. The summed E-state index contributed by atoms with van der Waals surface area (Å²) in [5.41, 5.74) is 0. The molecule has 4 heteroatoms. The summed E-state index contributed by atoms with van der Waals surface area (Å²) in [7, 11) is 1.70. The lowest BCUT2D eigenvalue weighted by Crippen LogP contribution is -2.40. The first kappa shape index (κ1) is 12.5. The third-order valence-corrected chi connectivity index (χ3v) is 2.74. The van der Waals surface area contributed by atoms with Gasteiger partial charge in [-0.3, -0.25) is 4.79 Å². The van der Waals surface area contributed by atoms with Crippen molar-refractivity contribution in [2.45, 2.75) is 25.7 Å². The van der Waals surface area contributed by atoms with Crippen molar-refractivity contribution in [2.75, 3.05) is 33.4 Å². The number of rotatable bonds is 6. The summed E-state index contributed by atoms with van der Waals surface area (Å²) in [6, 6.07) is 0. The summed E-state index contributed by atoms with van der Waals surface area (Å²) in [4.78, 5) is 11.6. The van der Waals surface area contributed by atoms with Crippen molar-refractivity contribution in [1.82, 2.24) is 10.6 Å². The summed E-state index contributed by atoms with van der Waals surface area (Å²) in [6.07, 6.45) is 4.15. The van der Waals surface area contributed by atoms with Gasteiger partial charge in [-0.1, -0.05) is 0 Å². The Balaban J connectivity index is 2.02. The third-order valence-electron chi connectivity index (χ3n) is 2.74. The van der Waals surface area contributed by atoms with Crippen LogP contribution in [0.15, 0.2) is 0 Å². The van der Waals surface area contributed by atoms with Gasteiger partial charge in [-0.05, 0) is 32.2 Å². The van der Waals surface area contributed by atoms with Crippen molar-refractivity contribution in [1.29, 1.82) is 0 Å². The molecule has 1 saturated heterocycles. The van der Waals surface area contributed by atoms with Gasteiger partial charge in [0.05, 0.1) is 5.92 Å². The van der Waals surface area contributed by atoms with E-state index in [1.54, 1.807) is 7.11 Å². The van der Waals surface area contributed by atoms with Crippen LogP contribution in [0.4, 0.5) is 0 Å². The predicted octanol–water partition coefficient (Wildman–Crippen LogP) is 0.529. The quantitative estimate of drug-likeness (QED) is 0.634. The minimum atomic E-state index is 0.182. The number of carbonyl (C=O) groups excluding carboxylic acids is 1. The summed E-state index contributed by atoms with van der Waals surface area (Å²) >= 11 is 0. The zero-order valence-electron chi connectivity index (χ0n) is 9.55. The molecule has 1 fully saturated rings. The van der Waals surface area contributed by atoms with Crippen molar-refractivity contribution >= 4 is 5.91 Å². The molecular formula is C11H22N2O2.